The molecule has 1 aromatic carbocycles. The topological polar surface area (TPSA) is 29.5 Å². The number of hydrogen-bond donors (Lipinski definition) is 1. The standard InChI is InChI=1S/C12H16O2/c1-4-10-6-5-7-11(9(2)8-13)12(10)14-3/h4-7,9,13H,1,8H2,2-3H3. The number of para-hydroxylation sites is 1. The van der Waals surface area contributed by atoms with Crippen LogP contribution in [0.25, 0.3) is 6.08 Å². The third kappa shape index (κ3) is 1.96. The summed E-state index contributed by atoms with van der Waals surface area (Å²) >= 11 is 0. The van der Waals surface area contributed by atoms with Gasteiger partial charge in [-0.2, -0.15) is 0 Å². The minimum atomic E-state index is 0.0878. The molecular formula is C12H16O2. The molecule has 1 aromatic rings. The van der Waals surface area contributed by atoms with Crippen LogP contribution in [0, 0.1) is 0 Å². The molecule has 0 spiro atoms. The molecule has 0 aromatic heterocycles. The molecule has 0 fully saturated rings. The van der Waals surface area contributed by atoms with Gasteiger partial charge in [0.1, 0.15) is 5.75 Å². The van der Waals surface area contributed by atoms with Gasteiger partial charge in [-0.3, -0.25) is 0 Å². The van der Waals surface area contributed by atoms with Gasteiger partial charge >= 0.3 is 0 Å². The predicted octanol–water partition coefficient (Wildman–Crippen LogP) is 2.43. The third-order valence-electron chi connectivity index (χ3n) is 2.30. The summed E-state index contributed by atoms with van der Waals surface area (Å²) in [7, 11) is 1.63. The van der Waals surface area contributed by atoms with Crippen molar-refractivity contribution < 1.29 is 9.84 Å². The number of benzene rings is 1. The summed E-state index contributed by atoms with van der Waals surface area (Å²) in [6.45, 7) is 5.81. The highest BCUT2D eigenvalue weighted by Crippen LogP contribution is 2.30. The van der Waals surface area contributed by atoms with Gasteiger partial charge in [0.25, 0.3) is 0 Å². The summed E-state index contributed by atoms with van der Waals surface area (Å²) in [4.78, 5) is 0. The fourth-order valence-corrected chi connectivity index (χ4v) is 1.46. The van der Waals surface area contributed by atoms with E-state index in [1.807, 2.05) is 25.1 Å². The number of ether oxygens (including phenoxy) is 1. The molecule has 1 N–H and O–H groups in total. The lowest BCUT2D eigenvalue weighted by Gasteiger charge is -2.15. The smallest absolute Gasteiger partial charge is 0.129 e. The molecular weight excluding hydrogens is 176 g/mol. The lowest BCUT2D eigenvalue weighted by atomic mass is 9.98. The molecule has 14 heavy (non-hydrogen) atoms. The number of hydrogen-bond acceptors (Lipinski definition) is 2. The Morgan fingerprint density at radius 3 is 2.79 bits per heavy atom. The second-order valence-corrected chi connectivity index (χ2v) is 3.26. The van der Waals surface area contributed by atoms with E-state index in [0.717, 1.165) is 16.9 Å². The van der Waals surface area contributed by atoms with Gasteiger partial charge in [-0.15, -0.1) is 0 Å². The van der Waals surface area contributed by atoms with Crippen molar-refractivity contribution in [1.82, 2.24) is 0 Å². The van der Waals surface area contributed by atoms with Crippen molar-refractivity contribution in [1.29, 1.82) is 0 Å². The average molecular weight is 192 g/mol. The summed E-state index contributed by atoms with van der Waals surface area (Å²) in [5, 5.41) is 9.09. The molecule has 0 aliphatic heterocycles. The van der Waals surface area contributed by atoms with Gasteiger partial charge in [-0.1, -0.05) is 37.8 Å². The summed E-state index contributed by atoms with van der Waals surface area (Å²) in [6, 6.07) is 5.85. The van der Waals surface area contributed by atoms with Crippen molar-refractivity contribution in [3.05, 3.63) is 35.9 Å². The van der Waals surface area contributed by atoms with Crippen LogP contribution < -0.4 is 4.74 Å². The van der Waals surface area contributed by atoms with Crippen LogP contribution in [0.2, 0.25) is 0 Å². The maximum Gasteiger partial charge on any atom is 0.129 e. The van der Waals surface area contributed by atoms with E-state index >= 15 is 0 Å². The molecule has 0 heterocycles. The Morgan fingerprint density at radius 2 is 2.29 bits per heavy atom. The first-order valence-electron chi connectivity index (χ1n) is 4.64. The maximum absolute atomic E-state index is 9.09. The first-order chi connectivity index (χ1) is 6.74. The highest BCUT2D eigenvalue weighted by molar-refractivity contribution is 5.59. The van der Waals surface area contributed by atoms with Crippen LogP contribution in [0.15, 0.2) is 24.8 Å². The quantitative estimate of drug-likeness (QED) is 0.794. The van der Waals surface area contributed by atoms with Crippen LogP contribution >= 0.6 is 0 Å². The lowest BCUT2D eigenvalue weighted by Crippen LogP contribution is -2.02. The molecule has 2 heteroatoms. The highest BCUT2D eigenvalue weighted by atomic mass is 16.5. The fraction of sp³-hybridized carbons (Fsp3) is 0.333. The second-order valence-electron chi connectivity index (χ2n) is 3.26. The van der Waals surface area contributed by atoms with Gasteiger partial charge in [-0.25, -0.2) is 0 Å². The first kappa shape index (κ1) is 10.8. The van der Waals surface area contributed by atoms with Crippen molar-refractivity contribution in [2.45, 2.75) is 12.8 Å². The molecule has 76 valence electrons. The van der Waals surface area contributed by atoms with E-state index in [-0.39, 0.29) is 12.5 Å². The minimum Gasteiger partial charge on any atom is -0.496 e. The molecule has 0 bridgehead atoms. The van der Waals surface area contributed by atoms with Crippen molar-refractivity contribution in [3.8, 4) is 5.75 Å². The van der Waals surface area contributed by atoms with Crippen LogP contribution in [-0.2, 0) is 0 Å². The Bertz CT molecular complexity index is 318. The van der Waals surface area contributed by atoms with Crippen LogP contribution in [-0.4, -0.2) is 18.8 Å². The SMILES string of the molecule is C=Cc1cccc(C(C)CO)c1OC. The van der Waals surface area contributed by atoms with E-state index in [1.54, 1.807) is 13.2 Å². The van der Waals surface area contributed by atoms with Gasteiger partial charge < -0.3 is 9.84 Å². The van der Waals surface area contributed by atoms with Crippen molar-refractivity contribution in [2.75, 3.05) is 13.7 Å². The van der Waals surface area contributed by atoms with Gasteiger partial charge in [-0.05, 0) is 5.56 Å². The average Bonchev–Trinajstić information content (AvgIpc) is 2.26. The Kier molecular flexibility index (Phi) is 3.72. The Morgan fingerprint density at radius 1 is 1.57 bits per heavy atom. The van der Waals surface area contributed by atoms with Gasteiger partial charge in [0.05, 0.1) is 7.11 Å². The zero-order valence-electron chi connectivity index (χ0n) is 8.66. The highest BCUT2D eigenvalue weighted by Gasteiger charge is 2.12. The van der Waals surface area contributed by atoms with Crippen molar-refractivity contribution in [2.24, 2.45) is 0 Å². The number of methoxy groups -OCH3 is 1. The molecule has 0 amide bonds. The summed E-state index contributed by atoms with van der Waals surface area (Å²) in [6.07, 6.45) is 1.76. The third-order valence-corrected chi connectivity index (χ3v) is 2.30. The van der Waals surface area contributed by atoms with Crippen LogP contribution in [0.4, 0.5) is 0 Å². The Balaban J connectivity index is 3.21. The molecule has 0 aliphatic rings. The van der Waals surface area contributed by atoms with Crippen molar-refractivity contribution >= 4 is 6.08 Å². The molecule has 2 nitrogen and oxygen atoms in total. The monoisotopic (exact) mass is 192 g/mol. The van der Waals surface area contributed by atoms with E-state index in [2.05, 4.69) is 6.58 Å². The second kappa shape index (κ2) is 4.82. The van der Waals surface area contributed by atoms with E-state index in [4.69, 9.17) is 9.84 Å². The predicted molar refractivity (Wildman–Crippen MR) is 58.6 cm³/mol. The van der Waals surface area contributed by atoms with E-state index in [9.17, 15) is 0 Å². The zero-order valence-corrected chi connectivity index (χ0v) is 8.66. The van der Waals surface area contributed by atoms with E-state index in [0.29, 0.717) is 0 Å². The molecule has 0 saturated carbocycles. The van der Waals surface area contributed by atoms with Crippen LogP contribution in [0.3, 0.4) is 0 Å². The molecule has 0 radical (unpaired) electrons. The molecule has 1 rings (SSSR count). The van der Waals surface area contributed by atoms with Gasteiger partial charge in [0.15, 0.2) is 0 Å². The zero-order chi connectivity index (χ0) is 10.6. The van der Waals surface area contributed by atoms with Crippen molar-refractivity contribution in [3.63, 3.8) is 0 Å². The van der Waals surface area contributed by atoms with Gasteiger partial charge in [0.2, 0.25) is 0 Å². The molecule has 0 aliphatic carbocycles. The number of aliphatic hydroxyl groups is 1. The van der Waals surface area contributed by atoms with E-state index < -0.39 is 0 Å². The fourth-order valence-electron chi connectivity index (χ4n) is 1.46. The molecule has 1 atom stereocenters. The van der Waals surface area contributed by atoms with E-state index in [1.165, 1.54) is 0 Å². The largest absolute Gasteiger partial charge is 0.496 e. The first-order valence-corrected chi connectivity index (χ1v) is 4.64. The molecule has 1 unspecified atom stereocenters. The number of aliphatic hydroxyl groups excluding tert-OH is 1. The Labute approximate surface area is 84.8 Å². The van der Waals surface area contributed by atoms with Crippen LogP contribution in [0.1, 0.15) is 24.0 Å². The van der Waals surface area contributed by atoms with Crippen LogP contribution in [0.5, 0.6) is 5.75 Å². The molecule has 0 saturated heterocycles. The maximum atomic E-state index is 9.09. The Hall–Kier alpha value is -1.28. The lowest BCUT2D eigenvalue weighted by molar-refractivity contribution is 0.269. The summed E-state index contributed by atoms with van der Waals surface area (Å²) in [5.41, 5.74) is 1.98. The summed E-state index contributed by atoms with van der Waals surface area (Å²) in [5.74, 6) is 0.897. The summed E-state index contributed by atoms with van der Waals surface area (Å²) < 4.78 is 5.31. The number of rotatable bonds is 4. The normalized spacial score (nSPS) is 12.2. The minimum absolute atomic E-state index is 0.0878. The van der Waals surface area contributed by atoms with Gasteiger partial charge in [0, 0.05) is 18.1 Å².